The van der Waals surface area contributed by atoms with Gasteiger partial charge in [-0.2, -0.15) is 0 Å². The molecule has 0 fully saturated rings. The summed E-state index contributed by atoms with van der Waals surface area (Å²) in [5.74, 6) is 0. The van der Waals surface area contributed by atoms with Crippen molar-refractivity contribution in [1.82, 2.24) is 0 Å². The molecule has 7 rings (SSSR count). The van der Waals surface area contributed by atoms with Crippen LogP contribution in [-0.4, -0.2) is 0 Å². The Kier molecular flexibility index (Phi) is 2.76. The fraction of sp³-hybridized carbons (Fsp3) is 0.0370. The van der Waals surface area contributed by atoms with Crippen LogP contribution in [-0.2, 0) is 6.42 Å². The summed E-state index contributed by atoms with van der Waals surface area (Å²) < 4.78 is 2.78. The highest BCUT2D eigenvalue weighted by Gasteiger charge is 2.22. The lowest BCUT2D eigenvalue weighted by Gasteiger charge is -2.07. The van der Waals surface area contributed by atoms with Gasteiger partial charge in [0.2, 0.25) is 0 Å². The van der Waals surface area contributed by atoms with Crippen molar-refractivity contribution in [2.75, 3.05) is 0 Å². The van der Waals surface area contributed by atoms with E-state index in [0.717, 1.165) is 6.42 Å². The molecule has 6 aromatic rings. The average molecular weight is 372 g/mol. The highest BCUT2D eigenvalue weighted by atomic mass is 32.1. The Labute approximate surface area is 166 Å². The number of benzene rings is 5. The van der Waals surface area contributed by atoms with E-state index in [0.29, 0.717) is 0 Å². The van der Waals surface area contributed by atoms with Crippen molar-refractivity contribution in [2.45, 2.75) is 6.42 Å². The Bertz CT molecular complexity index is 1580. The van der Waals surface area contributed by atoms with Crippen molar-refractivity contribution in [3.05, 3.63) is 96.1 Å². The fourth-order valence-electron chi connectivity index (χ4n) is 4.92. The Hall–Kier alpha value is -3.16. The van der Waals surface area contributed by atoms with Crippen molar-refractivity contribution in [2.24, 2.45) is 0 Å². The second kappa shape index (κ2) is 5.21. The first kappa shape index (κ1) is 14.8. The lowest BCUT2D eigenvalue weighted by atomic mass is 9.97. The summed E-state index contributed by atoms with van der Waals surface area (Å²) in [6.07, 6.45) is 1.04. The van der Waals surface area contributed by atoms with Crippen LogP contribution in [0.15, 0.2) is 84.9 Å². The maximum atomic E-state index is 2.45. The van der Waals surface area contributed by atoms with E-state index in [4.69, 9.17) is 0 Å². The van der Waals surface area contributed by atoms with E-state index in [1.807, 2.05) is 11.3 Å². The summed E-state index contributed by atoms with van der Waals surface area (Å²) in [4.78, 5) is 0. The first-order chi connectivity index (χ1) is 13.8. The van der Waals surface area contributed by atoms with Gasteiger partial charge < -0.3 is 0 Å². The van der Waals surface area contributed by atoms with Gasteiger partial charge in [0.1, 0.15) is 0 Å². The smallest absolute Gasteiger partial charge is 0.0361 e. The molecule has 0 unspecified atom stereocenters. The topological polar surface area (TPSA) is 0 Å². The van der Waals surface area contributed by atoms with Crippen LogP contribution in [0.4, 0.5) is 0 Å². The maximum absolute atomic E-state index is 2.45. The minimum absolute atomic E-state index is 1.04. The van der Waals surface area contributed by atoms with Gasteiger partial charge in [-0.25, -0.2) is 0 Å². The molecule has 1 aliphatic carbocycles. The number of thiophene rings is 1. The minimum atomic E-state index is 1.04. The normalized spacial score (nSPS) is 12.9. The second-order valence-corrected chi connectivity index (χ2v) is 8.88. The van der Waals surface area contributed by atoms with Crippen molar-refractivity contribution in [3.63, 3.8) is 0 Å². The van der Waals surface area contributed by atoms with Gasteiger partial charge in [0, 0.05) is 20.2 Å². The zero-order chi connectivity index (χ0) is 18.2. The SMILES string of the molecule is c1ccc2cc3c(cc2c1)sc1cc2c(cc13)Cc1ccc3ccccc3c1-2. The van der Waals surface area contributed by atoms with Crippen molar-refractivity contribution in [3.8, 4) is 11.1 Å². The maximum Gasteiger partial charge on any atom is 0.0361 e. The molecular formula is C27H16S. The molecule has 0 nitrogen and oxygen atoms in total. The van der Waals surface area contributed by atoms with E-state index in [1.54, 1.807) is 0 Å². The van der Waals surface area contributed by atoms with E-state index in [-0.39, 0.29) is 0 Å². The molecule has 28 heavy (non-hydrogen) atoms. The first-order valence-corrected chi connectivity index (χ1v) is 10.6. The molecular weight excluding hydrogens is 356 g/mol. The number of hydrogen-bond acceptors (Lipinski definition) is 1. The summed E-state index contributed by atoms with van der Waals surface area (Å²) in [6.45, 7) is 0. The van der Waals surface area contributed by atoms with E-state index < -0.39 is 0 Å². The standard InChI is InChI=1S/C27H16S/c1-2-7-18-14-25-23(12-17(18)6-1)24-13-20-11-19-10-9-16-5-3-4-8-21(16)27(19)22(20)15-26(24)28-25/h1-10,12-15H,11H2. The average Bonchev–Trinajstić information content (AvgIpc) is 3.27. The highest BCUT2D eigenvalue weighted by Crippen LogP contribution is 2.46. The van der Waals surface area contributed by atoms with E-state index >= 15 is 0 Å². The predicted octanol–water partition coefficient (Wildman–Crippen LogP) is 7.93. The summed E-state index contributed by atoms with van der Waals surface area (Å²) in [5.41, 5.74) is 5.79. The van der Waals surface area contributed by atoms with Gasteiger partial charge >= 0.3 is 0 Å². The molecule has 0 amide bonds. The summed E-state index contributed by atoms with van der Waals surface area (Å²) in [7, 11) is 0. The molecule has 0 radical (unpaired) electrons. The molecule has 0 bridgehead atoms. The molecule has 1 aliphatic rings. The largest absolute Gasteiger partial charge is 0.135 e. The van der Waals surface area contributed by atoms with Crippen LogP contribution in [0, 0.1) is 0 Å². The van der Waals surface area contributed by atoms with Gasteiger partial charge in [0.15, 0.2) is 0 Å². The molecule has 130 valence electrons. The lowest BCUT2D eigenvalue weighted by Crippen LogP contribution is -1.81. The van der Waals surface area contributed by atoms with E-state index in [1.165, 1.54) is 64.0 Å². The van der Waals surface area contributed by atoms with Gasteiger partial charge in [-0.1, -0.05) is 60.7 Å². The van der Waals surface area contributed by atoms with Gasteiger partial charge in [-0.05, 0) is 74.5 Å². The first-order valence-electron chi connectivity index (χ1n) is 9.74. The van der Waals surface area contributed by atoms with Gasteiger partial charge in [-0.15, -0.1) is 11.3 Å². The number of rotatable bonds is 0. The fourth-order valence-corrected chi connectivity index (χ4v) is 6.08. The number of hydrogen-bond donors (Lipinski definition) is 0. The Morgan fingerprint density at radius 2 is 1.25 bits per heavy atom. The van der Waals surface area contributed by atoms with Gasteiger partial charge in [-0.3, -0.25) is 0 Å². The molecule has 0 aliphatic heterocycles. The molecule has 5 aromatic carbocycles. The van der Waals surface area contributed by atoms with Gasteiger partial charge in [0.05, 0.1) is 0 Å². The quantitative estimate of drug-likeness (QED) is 0.253. The van der Waals surface area contributed by atoms with Crippen LogP contribution >= 0.6 is 11.3 Å². The lowest BCUT2D eigenvalue weighted by molar-refractivity contribution is 1.27. The summed E-state index contributed by atoms with van der Waals surface area (Å²) in [5, 5.41) is 8.15. The van der Waals surface area contributed by atoms with Crippen LogP contribution in [0.2, 0.25) is 0 Å². The third-order valence-corrected chi connectivity index (χ3v) is 7.34. The molecule has 1 heteroatoms. The molecule has 0 spiro atoms. The molecule has 0 atom stereocenters. The van der Waals surface area contributed by atoms with Gasteiger partial charge in [0.25, 0.3) is 0 Å². The van der Waals surface area contributed by atoms with Crippen LogP contribution in [0.1, 0.15) is 11.1 Å². The van der Waals surface area contributed by atoms with E-state index in [2.05, 4.69) is 84.9 Å². The summed E-state index contributed by atoms with van der Waals surface area (Å²) >= 11 is 1.92. The molecule has 1 heterocycles. The van der Waals surface area contributed by atoms with Crippen LogP contribution < -0.4 is 0 Å². The van der Waals surface area contributed by atoms with Crippen molar-refractivity contribution in [1.29, 1.82) is 0 Å². The van der Waals surface area contributed by atoms with Crippen LogP contribution in [0.25, 0.3) is 52.8 Å². The Morgan fingerprint density at radius 1 is 0.536 bits per heavy atom. The molecule has 0 saturated heterocycles. The monoisotopic (exact) mass is 372 g/mol. The molecule has 0 saturated carbocycles. The van der Waals surface area contributed by atoms with Crippen LogP contribution in [0.5, 0.6) is 0 Å². The minimum Gasteiger partial charge on any atom is -0.135 e. The second-order valence-electron chi connectivity index (χ2n) is 7.80. The molecule has 0 N–H and O–H groups in total. The summed E-state index contributed by atoms with van der Waals surface area (Å²) in [6, 6.07) is 31.6. The zero-order valence-electron chi connectivity index (χ0n) is 15.2. The van der Waals surface area contributed by atoms with Crippen molar-refractivity contribution < 1.29 is 0 Å². The highest BCUT2D eigenvalue weighted by molar-refractivity contribution is 7.25. The predicted molar refractivity (Wildman–Crippen MR) is 123 cm³/mol. The zero-order valence-corrected chi connectivity index (χ0v) is 16.0. The number of fused-ring (bicyclic) bond motifs is 9. The van der Waals surface area contributed by atoms with Crippen LogP contribution in [0.3, 0.4) is 0 Å². The third-order valence-electron chi connectivity index (χ3n) is 6.23. The van der Waals surface area contributed by atoms with E-state index in [9.17, 15) is 0 Å². The Balaban J connectivity index is 1.57. The third kappa shape index (κ3) is 1.89. The van der Waals surface area contributed by atoms with Crippen molar-refractivity contribution >= 4 is 53.1 Å². The molecule has 1 aromatic heterocycles. The Morgan fingerprint density at radius 3 is 2.14 bits per heavy atom.